The van der Waals surface area contributed by atoms with Crippen molar-refractivity contribution in [3.05, 3.63) is 236 Å². The Morgan fingerprint density at radius 1 is 0.189 bits per heavy atom. The van der Waals surface area contributed by atoms with Crippen molar-refractivity contribution in [2.45, 2.75) is 0 Å². The maximum atomic E-state index is 2.30. The van der Waals surface area contributed by atoms with Crippen molar-refractivity contribution in [3.8, 4) is 0 Å². The van der Waals surface area contributed by atoms with E-state index in [9.17, 15) is 0 Å². The standard InChI is InChI=1S/C50H39N3/c1-6-16-42(17-7-1)51(43-18-8-2-9-19-43)47-32-28-40(29-33-47)26-27-41-30-34-48(35-31-41)53(46-24-14-5-15-25-46)50-38-36-49(37-39-50)52(44-20-10-3-11-21-44)45-22-12-4-13-23-45/h1-39H. The lowest BCUT2D eigenvalue weighted by molar-refractivity contribution is 1.25. The highest BCUT2D eigenvalue weighted by molar-refractivity contribution is 5.82. The highest BCUT2D eigenvalue weighted by atomic mass is 15.2. The summed E-state index contributed by atoms with van der Waals surface area (Å²) >= 11 is 0. The molecule has 8 aromatic rings. The second kappa shape index (κ2) is 15.8. The number of hydrogen-bond donors (Lipinski definition) is 0. The molecule has 0 unspecified atom stereocenters. The largest absolute Gasteiger partial charge is 0.311 e. The van der Waals surface area contributed by atoms with E-state index in [-0.39, 0.29) is 0 Å². The van der Waals surface area contributed by atoms with Gasteiger partial charge in [-0.15, -0.1) is 0 Å². The zero-order valence-electron chi connectivity index (χ0n) is 29.4. The summed E-state index contributed by atoms with van der Waals surface area (Å²) in [5, 5.41) is 0. The van der Waals surface area contributed by atoms with Crippen molar-refractivity contribution >= 4 is 63.3 Å². The Morgan fingerprint density at radius 2 is 0.358 bits per heavy atom. The summed E-state index contributed by atoms with van der Waals surface area (Å²) in [6.45, 7) is 0. The predicted molar refractivity (Wildman–Crippen MR) is 226 cm³/mol. The number of nitrogens with zero attached hydrogens (tertiary/aromatic N) is 3. The average molecular weight is 682 g/mol. The SMILES string of the molecule is C(=Cc1ccc(N(c2ccccc2)c2ccc(N(c3ccccc3)c3ccccc3)cc2)cc1)c1ccc(N(c2ccccc2)c2ccccc2)cc1. The minimum absolute atomic E-state index is 1.09. The molecule has 0 fully saturated rings. The van der Waals surface area contributed by atoms with Crippen molar-refractivity contribution < 1.29 is 0 Å². The predicted octanol–water partition coefficient (Wildman–Crippen LogP) is 14.3. The van der Waals surface area contributed by atoms with Crippen LogP contribution in [0.1, 0.15) is 11.1 Å². The Labute approximate surface area is 312 Å². The Balaban J connectivity index is 1.04. The molecule has 254 valence electrons. The van der Waals surface area contributed by atoms with Gasteiger partial charge in [0.05, 0.1) is 0 Å². The van der Waals surface area contributed by atoms with Crippen LogP contribution in [0.3, 0.4) is 0 Å². The highest BCUT2D eigenvalue weighted by Crippen LogP contribution is 2.39. The Hall–Kier alpha value is -7.10. The fourth-order valence-electron chi connectivity index (χ4n) is 6.64. The number of anilines is 9. The van der Waals surface area contributed by atoms with Crippen LogP contribution in [0.15, 0.2) is 224 Å². The van der Waals surface area contributed by atoms with Crippen molar-refractivity contribution in [3.63, 3.8) is 0 Å². The maximum Gasteiger partial charge on any atom is 0.0463 e. The third-order valence-electron chi connectivity index (χ3n) is 9.21. The zero-order chi connectivity index (χ0) is 35.7. The first-order valence-electron chi connectivity index (χ1n) is 17.9. The molecular weight excluding hydrogens is 643 g/mol. The van der Waals surface area contributed by atoms with E-state index in [2.05, 4.69) is 251 Å². The summed E-state index contributed by atoms with van der Waals surface area (Å²) in [6.07, 6.45) is 4.35. The molecule has 0 amide bonds. The van der Waals surface area contributed by atoms with Crippen LogP contribution in [0.4, 0.5) is 51.2 Å². The Morgan fingerprint density at radius 3 is 0.566 bits per heavy atom. The minimum Gasteiger partial charge on any atom is -0.311 e. The summed E-state index contributed by atoms with van der Waals surface area (Å²) in [5.41, 5.74) is 12.3. The van der Waals surface area contributed by atoms with Gasteiger partial charge < -0.3 is 14.7 Å². The molecule has 0 radical (unpaired) electrons. The maximum absolute atomic E-state index is 2.30. The molecule has 0 saturated carbocycles. The van der Waals surface area contributed by atoms with Crippen molar-refractivity contribution in [2.75, 3.05) is 14.7 Å². The quantitative estimate of drug-likeness (QED) is 0.126. The minimum atomic E-state index is 1.09. The number of para-hydroxylation sites is 5. The van der Waals surface area contributed by atoms with E-state index < -0.39 is 0 Å². The van der Waals surface area contributed by atoms with Crippen molar-refractivity contribution in [1.29, 1.82) is 0 Å². The molecule has 0 aromatic heterocycles. The molecule has 0 atom stereocenters. The number of benzene rings is 8. The van der Waals surface area contributed by atoms with Gasteiger partial charge in [0, 0.05) is 51.2 Å². The van der Waals surface area contributed by atoms with Crippen LogP contribution in [-0.4, -0.2) is 0 Å². The van der Waals surface area contributed by atoms with Crippen molar-refractivity contribution in [1.82, 2.24) is 0 Å². The molecule has 3 heteroatoms. The van der Waals surface area contributed by atoms with Crippen LogP contribution < -0.4 is 14.7 Å². The first-order chi connectivity index (χ1) is 26.3. The summed E-state index contributed by atoms with van der Waals surface area (Å²) in [6, 6.07) is 78.8. The molecule has 8 aromatic carbocycles. The van der Waals surface area contributed by atoms with Gasteiger partial charge in [-0.05, 0) is 120 Å². The average Bonchev–Trinajstić information content (AvgIpc) is 3.24. The van der Waals surface area contributed by atoms with E-state index in [1.54, 1.807) is 0 Å². The van der Waals surface area contributed by atoms with E-state index >= 15 is 0 Å². The van der Waals surface area contributed by atoms with E-state index in [1.165, 1.54) is 0 Å². The molecule has 0 aliphatic rings. The monoisotopic (exact) mass is 681 g/mol. The lowest BCUT2D eigenvalue weighted by Crippen LogP contribution is -2.12. The van der Waals surface area contributed by atoms with Crippen LogP contribution in [0.2, 0.25) is 0 Å². The fourth-order valence-corrected chi connectivity index (χ4v) is 6.64. The third-order valence-corrected chi connectivity index (χ3v) is 9.21. The molecule has 0 aliphatic carbocycles. The van der Waals surface area contributed by atoms with Crippen molar-refractivity contribution in [2.24, 2.45) is 0 Å². The van der Waals surface area contributed by atoms with Crippen LogP contribution in [0.25, 0.3) is 12.2 Å². The summed E-state index contributed by atoms with van der Waals surface area (Å²) < 4.78 is 0. The normalized spacial score (nSPS) is 10.9. The second-order valence-corrected chi connectivity index (χ2v) is 12.7. The molecule has 0 saturated heterocycles. The second-order valence-electron chi connectivity index (χ2n) is 12.7. The molecule has 0 N–H and O–H groups in total. The number of rotatable bonds is 11. The summed E-state index contributed by atoms with van der Waals surface area (Å²) in [4.78, 5) is 6.87. The molecule has 53 heavy (non-hydrogen) atoms. The molecule has 8 rings (SSSR count). The van der Waals surface area contributed by atoms with Crippen LogP contribution in [0, 0.1) is 0 Å². The lowest BCUT2D eigenvalue weighted by Gasteiger charge is -2.28. The topological polar surface area (TPSA) is 9.72 Å². The van der Waals surface area contributed by atoms with Gasteiger partial charge in [-0.25, -0.2) is 0 Å². The van der Waals surface area contributed by atoms with Gasteiger partial charge in [0.2, 0.25) is 0 Å². The fraction of sp³-hybridized carbons (Fsp3) is 0. The zero-order valence-corrected chi connectivity index (χ0v) is 29.4. The molecule has 3 nitrogen and oxygen atoms in total. The van der Waals surface area contributed by atoms with E-state index in [0.29, 0.717) is 0 Å². The van der Waals surface area contributed by atoms with Gasteiger partial charge in [-0.1, -0.05) is 127 Å². The first-order valence-corrected chi connectivity index (χ1v) is 17.9. The summed E-state index contributed by atoms with van der Waals surface area (Å²) in [7, 11) is 0. The highest BCUT2D eigenvalue weighted by Gasteiger charge is 2.16. The molecular formula is C50H39N3. The van der Waals surface area contributed by atoms with Gasteiger partial charge in [-0.2, -0.15) is 0 Å². The van der Waals surface area contributed by atoms with Gasteiger partial charge in [0.25, 0.3) is 0 Å². The van der Waals surface area contributed by atoms with Gasteiger partial charge in [0.1, 0.15) is 0 Å². The van der Waals surface area contributed by atoms with Crippen LogP contribution >= 0.6 is 0 Å². The van der Waals surface area contributed by atoms with Gasteiger partial charge in [-0.3, -0.25) is 0 Å². The van der Waals surface area contributed by atoms with E-state index in [4.69, 9.17) is 0 Å². The molecule has 0 spiro atoms. The number of hydrogen-bond acceptors (Lipinski definition) is 3. The smallest absolute Gasteiger partial charge is 0.0463 e. The third kappa shape index (κ3) is 7.65. The van der Waals surface area contributed by atoms with Crippen LogP contribution in [0.5, 0.6) is 0 Å². The lowest BCUT2D eigenvalue weighted by atomic mass is 10.1. The van der Waals surface area contributed by atoms with E-state index in [1.807, 2.05) is 0 Å². The van der Waals surface area contributed by atoms with E-state index in [0.717, 1.165) is 62.3 Å². The Kier molecular flexibility index (Phi) is 9.89. The van der Waals surface area contributed by atoms with Crippen LogP contribution in [-0.2, 0) is 0 Å². The summed E-state index contributed by atoms with van der Waals surface area (Å²) in [5.74, 6) is 0. The molecule has 0 heterocycles. The molecule has 0 bridgehead atoms. The molecule has 0 aliphatic heterocycles. The Bertz CT molecular complexity index is 2260. The van der Waals surface area contributed by atoms with Gasteiger partial charge >= 0.3 is 0 Å². The van der Waals surface area contributed by atoms with Gasteiger partial charge in [0.15, 0.2) is 0 Å². The first kappa shape index (κ1) is 33.1.